The topological polar surface area (TPSA) is 122 Å². The van der Waals surface area contributed by atoms with Crippen molar-refractivity contribution in [2.24, 2.45) is 11.8 Å². The monoisotopic (exact) mass is 639 g/mol. The molecule has 38 heavy (non-hydrogen) atoms. The molecule has 0 aliphatic carbocycles. The first-order valence-corrected chi connectivity index (χ1v) is 14.4. The van der Waals surface area contributed by atoms with E-state index in [-0.39, 0.29) is 46.2 Å². The summed E-state index contributed by atoms with van der Waals surface area (Å²) in [4.78, 5) is 44.7. The second-order valence-electron chi connectivity index (χ2n) is 10.0. The summed E-state index contributed by atoms with van der Waals surface area (Å²) in [7, 11) is 0. The standard InChI is InChI=1S/C28H38IN3O6/c1-18-7-4-10-30-11-5-8-19(2)26(20(3)16-33)38-28(36)24-9-6-12-32(24)27(35)23-17-37-25(31-23)15-22(34)14-21(29)13-18/h4-5,7-8,13,17,19-21,24,26,30,33H,6,9-12,14-16H2,1-3H3/b7-4+,8-5+,18-13+/t19-,20+,21-,24-,26+/m1/s1. The zero-order chi connectivity index (χ0) is 27.7. The Labute approximate surface area is 237 Å². The number of nitrogens with zero attached hydrogens (tertiary/aromatic N) is 2. The molecular formula is C28H38IN3O6. The number of Topliss-reactive ketones (excluding diaryl/α,β-unsaturated/α-hetero) is 1. The van der Waals surface area contributed by atoms with Crippen LogP contribution in [0.4, 0.5) is 0 Å². The van der Waals surface area contributed by atoms with Gasteiger partial charge < -0.3 is 24.5 Å². The molecule has 1 aromatic rings. The van der Waals surface area contributed by atoms with Crippen LogP contribution in [0.5, 0.6) is 0 Å². The van der Waals surface area contributed by atoms with E-state index in [1.165, 1.54) is 11.2 Å². The predicted molar refractivity (Wildman–Crippen MR) is 152 cm³/mol. The number of fused-ring (bicyclic) bond motifs is 3. The Hall–Kier alpha value is -2.31. The van der Waals surface area contributed by atoms with Crippen molar-refractivity contribution in [2.45, 2.75) is 62.5 Å². The molecule has 3 rings (SSSR count). The van der Waals surface area contributed by atoms with Crippen LogP contribution in [0.1, 0.15) is 56.4 Å². The number of ether oxygens (including phenoxy) is 1. The lowest BCUT2D eigenvalue weighted by Crippen LogP contribution is -2.44. The van der Waals surface area contributed by atoms with Gasteiger partial charge in [-0.3, -0.25) is 9.59 Å². The van der Waals surface area contributed by atoms with Crippen molar-refractivity contribution in [1.82, 2.24) is 15.2 Å². The maximum atomic E-state index is 13.2. The van der Waals surface area contributed by atoms with E-state index in [2.05, 4.69) is 32.9 Å². The zero-order valence-electron chi connectivity index (χ0n) is 22.3. The van der Waals surface area contributed by atoms with Gasteiger partial charge in [0.05, 0.1) is 6.42 Å². The van der Waals surface area contributed by atoms with Gasteiger partial charge in [-0.25, -0.2) is 9.78 Å². The summed E-state index contributed by atoms with van der Waals surface area (Å²) in [5.41, 5.74) is 1.13. The summed E-state index contributed by atoms with van der Waals surface area (Å²) in [5.74, 6) is -1.17. The van der Waals surface area contributed by atoms with E-state index < -0.39 is 24.0 Å². The Balaban J connectivity index is 1.83. The second-order valence-corrected chi connectivity index (χ2v) is 11.6. The van der Waals surface area contributed by atoms with Gasteiger partial charge in [-0.1, -0.05) is 72.4 Å². The maximum Gasteiger partial charge on any atom is 0.329 e. The Bertz CT molecular complexity index is 1060. The number of carbonyl (C=O) groups is 3. The van der Waals surface area contributed by atoms with E-state index in [4.69, 9.17) is 9.15 Å². The van der Waals surface area contributed by atoms with Crippen molar-refractivity contribution in [3.05, 3.63) is 53.8 Å². The van der Waals surface area contributed by atoms with E-state index in [1.54, 1.807) is 0 Å². The Kier molecular flexibility index (Phi) is 11.7. The maximum absolute atomic E-state index is 13.2. The fourth-order valence-electron chi connectivity index (χ4n) is 4.70. The number of esters is 1. The third kappa shape index (κ3) is 8.60. The predicted octanol–water partition coefficient (Wildman–Crippen LogP) is 3.42. The molecule has 9 nitrogen and oxygen atoms in total. The van der Waals surface area contributed by atoms with Crippen LogP contribution in [-0.2, 0) is 20.7 Å². The third-order valence-corrected chi connectivity index (χ3v) is 7.54. The first kappa shape index (κ1) is 30.2. The van der Waals surface area contributed by atoms with Gasteiger partial charge in [0.15, 0.2) is 5.69 Å². The summed E-state index contributed by atoms with van der Waals surface area (Å²) < 4.78 is 11.4. The number of carbonyl (C=O) groups excluding carboxylic acids is 3. The van der Waals surface area contributed by atoms with E-state index in [9.17, 15) is 19.5 Å². The number of hydrogen-bond acceptors (Lipinski definition) is 8. The summed E-state index contributed by atoms with van der Waals surface area (Å²) in [6, 6.07) is -0.737. The molecule has 0 aromatic carbocycles. The molecule has 0 unspecified atom stereocenters. The number of aromatic nitrogens is 1. The highest BCUT2D eigenvalue weighted by Gasteiger charge is 2.39. The molecule has 1 aromatic heterocycles. The van der Waals surface area contributed by atoms with Gasteiger partial charge >= 0.3 is 5.97 Å². The van der Waals surface area contributed by atoms with E-state index in [1.807, 2.05) is 51.2 Å². The van der Waals surface area contributed by atoms with Gasteiger partial charge in [0.25, 0.3) is 5.91 Å². The smallest absolute Gasteiger partial charge is 0.329 e. The van der Waals surface area contributed by atoms with Crippen LogP contribution < -0.4 is 5.32 Å². The molecule has 10 heteroatoms. The highest BCUT2D eigenvalue weighted by molar-refractivity contribution is 14.1. The highest BCUT2D eigenvalue weighted by atomic mass is 127. The number of alkyl halides is 1. The number of hydrogen-bond donors (Lipinski definition) is 2. The molecule has 2 aliphatic rings. The molecular weight excluding hydrogens is 601 g/mol. The quantitative estimate of drug-likeness (QED) is 0.219. The molecule has 1 saturated heterocycles. The lowest BCUT2D eigenvalue weighted by atomic mass is 9.93. The molecule has 3 heterocycles. The molecule has 0 spiro atoms. The van der Waals surface area contributed by atoms with Crippen molar-refractivity contribution >= 4 is 40.3 Å². The van der Waals surface area contributed by atoms with Crippen molar-refractivity contribution in [1.29, 1.82) is 0 Å². The lowest BCUT2D eigenvalue weighted by Gasteiger charge is -2.30. The van der Waals surface area contributed by atoms with Gasteiger partial charge in [-0.2, -0.15) is 0 Å². The van der Waals surface area contributed by atoms with Crippen molar-refractivity contribution < 1.29 is 28.6 Å². The number of oxazole rings is 1. The fourth-order valence-corrected chi connectivity index (χ4v) is 5.75. The van der Waals surface area contributed by atoms with Gasteiger partial charge in [-0.05, 0) is 19.8 Å². The first-order valence-electron chi connectivity index (χ1n) is 13.1. The number of ketones is 1. The van der Waals surface area contributed by atoms with Gasteiger partial charge in [-0.15, -0.1) is 0 Å². The lowest BCUT2D eigenvalue weighted by molar-refractivity contribution is -0.159. The molecule has 1 fully saturated rings. The van der Waals surface area contributed by atoms with Gasteiger partial charge in [0.1, 0.15) is 24.2 Å². The number of aliphatic hydroxyl groups is 1. The average molecular weight is 640 g/mol. The van der Waals surface area contributed by atoms with Crippen molar-refractivity contribution in [3.63, 3.8) is 0 Å². The van der Waals surface area contributed by atoms with Crippen molar-refractivity contribution in [3.8, 4) is 0 Å². The largest absolute Gasteiger partial charge is 0.460 e. The number of cyclic esters (lactones) is 1. The minimum Gasteiger partial charge on any atom is -0.460 e. The molecule has 2 N–H and O–H groups in total. The molecule has 0 radical (unpaired) electrons. The SMILES string of the molecule is CC1=C\[C@@H](I)CC(=O)Cc2nc(co2)C(=O)N2CCC[C@@H]2C(=O)O[C@H]([C@@H](C)CO)[C@H](C)/C=C/CNC\C=C\1. The number of aliphatic hydroxyl groups excluding tert-OH is 1. The van der Waals surface area contributed by atoms with Crippen LogP contribution in [0, 0.1) is 11.8 Å². The zero-order valence-corrected chi connectivity index (χ0v) is 24.4. The Morgan fingerprint density at radius 1 is 1.26 bits per heavy atom. The molecule has 2 bridgehead atoms. The summed E-state index contributed by atoms with van der Waals surface area (Å²) in [6.45, 7) is 7.38. The third-order valence-electron chi connectivity index (χ3n) is 6.74. The van der Waals surface area contributed by atoms with Crippen LogP contribution in [0.2, 0.25) is 0 Å². The Morgan fingerprint density at radius 2 is 2.03 bits per heavy atom. The number of nitrogens with one attached hydrogen (secondary N) is 1. The highest BCUT2D eigenvalue weighted by Crippen LogP contribution is 2.25. The van der Waals surface area contributed by atoms with E-state index in [0.717, 1.165) is 5.57 Å². The first-order chi connectivity index (χ1) is 18.2. The van der Waals surface area contributed by atoms with Crippen LogP contribution in [0.25, 0.3) is 0 Å². The molecule has 208 valence electrons. The Morgan fingerprint density at radius 3 is 2.79 bits per heavy atom. The van der Waals surface area contributed by atoms with Crippen LogP contribution >= 0.6 is 22.6 Å². The fraction of sp³-hybridized carbons (Fsp3) is 0.571. The minimum atomic E-state index is -0.737. The molecule has 2 aliphatic heterocycles. The number of halogens is 1. The van der Waals surface area contributed by atoms with E-state index >= 15 is 0 Å². The number of rotatable bonds is 2. The summed E-state index contributed by atoms with van der Waals surface area (Å²) >= 11 is 2.24. The summed E-state index contributed by atoms with van der Waals surface area (Å²) in [5, 5.41) is 13.1. The second kappa shape index (κ2) is 14.7. The molecule has 5 atom stereocenters. The molecule has 1 amide bonds. The number of allylic oxidation sites excluding steroid dienone is 3. The van der Waals surface area contributed by atoms with Crippen LogP contribution in [-0.4, -0.2) is 75.0 Å². The van der Waals surface area contributed by atoms with Gasteiger partial charge in [0, 0.05) is 48.4 Å². The van der Waals surface area contributed by atoms with Crippen LogP contribution in [0.3, 0.4) is 0 Å². The van der Waals surface area contributed by atoms with Crippen molar-refractivity contribution in [2.75, 3.05) is 26.2 Å². The summed E-state index contributed by atoms with van der Waals surface area (Å²) in [6.07, 6.45) is 12.2. The normalized spacial score (nSPS) is 30.6. The minimum absolute atomic E-state index is 0.00346. The van der Waals surface area contributed by atoms with Gasteiger partial charge in [0.2, 0.25) is 5.89 Å². The van der Waals surface area contributed by atoms with E-state index in [0.29, 0.717) is 38.9 Å². The molecule has 0 saturated carbocycles. The number of amides is 1. The van der Waals surface area contributed by atoms with Crippen LogP contribution in [0.15, 0.2) is 46.6 Å². The average Bonchev–Trinajstić information content (AvgIpc) is 3.55.